The lowest BCUT2D eigenvalue weighted by molar-refractivity contribution is -0.123. The molecule has 1 aromatic rings. The number of aliphatic imine (C=N–C) groups is 1. The Labute approximate surface area is 141 Å². The summed E-state index contributed by atoms with van der Waals surface area (Å²) in [6.07, 6.45) is 1.10. The maximum atomic E-state index is 12.2. The quantitative estimate of drug-likeness (QED) is 0.274. The number of amides is 2. The van der Waals surface area contributed by atoms with Crippen molar-refractivity contribution in [2.75, 3.05) is 19.0 Å². The van der Waals surface area contributed by atoms with E-state index in [2.05, 4.69) is 15.6 Å². The summed E-state index contributed by atoms with van der Waals surface area (Å²) < 4.78 is 0. The first-order valence-corrected chi connectivity index (χ1v) is 8.10. The molecule has 0 aromatic heterocycles. The van der Waals surface area contributed by atoms with Crippen LogP contribution in [0.3, 0.4) is 0 Å². The fourth-order valence-corrected chi connectivity index (χ4v) is 2.04. The Morgan fingerprint density at radius 1 is 1.30 bits per heavy atom. The van der Waals surface area contributed by atoms with Crippen LogP contribution in [0.4, 0.5) is 0 Å². The summed E-state index contributed by atoms with van der Waals surface area (Å²) >= 11 is 5.54. The average Bonchev–Trinajstić information content (AvgIpc) is 2.58. The molecule has 0 fully saturated rings. The SMILES string of the molecule is CCNC(=O)C(CCCN=C(N)CCl)NC(=O)c1ccccc1. The van der Waals surface area contributed by atoms with Crippen molar-refractivity contribution in [3.63, 3.8) is 0 Å². The average molecular weight is 339 g/mol. The van der Waals surface area contributed by atoms with Gasteiger partial charge < -0.3 is 16.4 Å². The second kappa shape index (κ2) is 10.6. The molecule has 0 heterocycles. The van der Waals surface area contributed by atoms with Gasteiger partial charge in [0.15, 0.2) is 0 Å². The number of carbonyl (C=O) groups excluding carboxylic acids is 2. The third-order valence-corrected chi connectivity index (χ3v) is 3.39. The van der Waals surface area contributed by atoms with Crippen molar-refractivity contribution in [1.82, 2.24) is 10.6 Å². The van der Waals surface area contributed by atoms with Crippen molar-refractivity contribution in [1.29, 1.82) is 0 Å². The Bertz CT molecular complexity index is 534. The number of amidine groups is 1. The van der Waals surface area contributed by atoms with Gasteiger partial charge >= 0.3 is 0 Å². The third-order valence-electron chi connectivity index (χ3n) is 3.11. The number of likely N-dealkylation sites (N-methyl/N-ethyl adjacent to an activating group) is 1. The summed E-state index contributed by atoms with van der Waals surface area (Å²) in [4.78, 5) is 28.4. The van der Waals surface area contributed by atoms with Crippen LogP contribution in [0.5, 0.6) is 0 Å². The normalized spacial score (nSPS) is 12.5. The molecular formula is C16H23ClN4O2. The summed E-state index contributed by atoms with van der Waals surface area (Å²) in [7, 11) is 0. The number of carbonyl (C=O) groups is 2. The number of nitrogens with zero attached hydrogens (tertiary/aromatic N) is 1. The van der Waals surface area contributed by atoms with E-state index >= 15 is 0 Å². The molecule has 1 aromatic carbocycles. The topological polar surface area (TPSA) is 96.6 Å². The lowest BCUT2D eigenvalue weighted by Gasteiger charge is -2.17. The molecule has 1 unspecified atom stereocenters. The number of nitrogens with two attached hydrogens (primary N) is 1. The van der Waals surface area contributed by atoms with Crippen molar-refractivity contribution in [3.8, 4) is 0 Å². The van der Waals surface area contributed by atoms with Crippen LogP contribution in [-0.2, 0) is 4.79 Å². The van der Waals surface area contributed by atoms with E-state index in [-0.39, 0.29) is 17.7 Å². The molecule has 4 N–H and O–H groups in total. The molecular weight excluding hydrogens is 316 g/mol. The lowest BCUT2D eigenvalue weighted by Crippen LogP contribution is -2.46. The highest BCUT2D eigenvalue weighted by Crippen LogP contribution is 2.03. The van der Waals surface area contributed by atoms with Crippen LogP contribution in [-0.4, -0.2) is 42.7 Å². The Balaban J connectivity index is 2.62. The summed E-state index contributed by atoms with van der Waals surface area (Å²) in [6, 6.07) is 8.19. The van der Waals surface area contributed by atoms with Crippen molar-refractivity contribution in [2.24, 2.45) is 10.7 Å². The van der Waals surface area contributed by atoms with Gasteiger partial charge in [0.25, 0.3) is 5.91 Å². The van der Waals surface area contributed by atoms with E-state index in [0.29, 0.717) is 37.3 Å². The fourth-order valence-electron chi connectivity index (χ4n) is 1.96. The van der Waals surface area contributed by atoms with E-state index in [4.69, 9.17) is 17.3 Å². The van der Waals surface area contributed by atoms with Crippen LogP contribution in [0.1, 0.15) is 30.1 Å². The Hall–Kier alpha value is -2.08. The first-order chi connectivity index (χ1) is 11.1. The molecule has 0 aliphatic rings. The van der Waals surface area contributed by atoms with Crippen molar-refractivity contribution < 1.29 is 9.59 Å². The number of halogens is 1. The summed E-state index contributed by atoms with van der Waals surface area (Å²) in [5.41, 5.74) is 6.04. The van der Waals surface area contributed by atoms with E-state index in [1.165, 1.54) is 0 Å². The van der Waals surface area contributed by atoms with Gasteiger partial charge in [-0.05, 0) is 31.9 Å². The Kier molecular flexibility index (Phi) is 8.75. The molecule has 0 bridgehead atoms. The highest BCUT2D eigenvalue weighted by atomic mass is 35.5. The zero-order valence-electron chi connectivity index (χ0n) is 13.2. The fraction of sp³-hybridized carbons (Fsp3) is 0.438. The maximum Gasteiger partial charge on any atom is 0.251 e. The van der Waals surface area contributed by atoms with Gasteiger partial charge in [-0.15, -0.1) is 11.6 Å². The number of nitrogens with one attached hydrogen (secondary N) is 2. The van der Waals surface area contributed by atoms with Gasteiger partial charge in [-0.2, -0.15) is 0 Å². The predicted octanol–water partition coefficient (Wildman–Crippen LogP) is 1.30. The van der Waals surface area contributed by atoms with E-state index in [9.17, 15) is 9.59 Å². The van der Waals surface area contributed by atoms with Crippen LogP contribution in [0.25, 0.3) is 0 Å². The summed E-state index contributed by atoms with van der Waals surface area (Å²) in [6.45, 7) is 2.81. The summed E-state index contributed by atoms with van der Waals surface area (Å²) in [5, 5.41) is 5.49. The first kappa shape index (κ1) is 19.0. The third kappa shape index (κ3) is 7.15. The number of alkyl halides is 1. The molecule has 0 aliphatic heterocycles. The molecule has 7 heteroatoms. The molecule has 0 spiro atoms. The zero-order chi connectivity index (χ0) is 17.1. The molecule has 0 saturated carbocycles. The predicted molar refractivity (Wildman–Crippen MR) is 92.8 cm³/mol. The largest absolute Gasteiger partial charge is 0.386 e. The van der Waals surface area contributed by atoms with E-state index in [1.54, 1.807) is 24.3 Å². The highest BCUT2D eigenvalue weighted by molar-refractivity contribution is 6.27. The van der Waals surface area contributed by atoms with Crippen LogP contribution < -0.4 is 16.4 Å². The van der Waals surface area contributed by atoms with E-state index < -0.39 is 6.04 Å². The molecule has 23 heavy (non-hydrogen) atoms. The zero-order valence-corrected chi connectivity index (χ0v) is 14.0. The smallest absolute Gasteiger partial charge is 0.251 e. The monoisotopic (exact) mass is 338 g/mol. The molecule has 2 amide bonds. The Morgan fingerprint density at radius 3 is 2.61 bits per heavy atom. The van der Waals surface area contributed by atoms with E-state index in [0.717, 1.165) is 0 Å². The standard InChI is InChI=1S/C16H23ClN4O2/c1-2-19-16(23)13(9-6-10-20-14(18)11-17)21-15(22)12-7-4-3-5-8-12/h3-5,7-8,13H,2,6,9-11H2,1H3,(H2,18,20)(H,19,23)(H,21,22). The summed E-state index contributed by atoms with van der Waals surface area (Å²) in [5.74, 6) is 0.0797. The number of hydrogen-bond acceptors (Lipinski definition) is 3. The number of hydrogen-bond donors (Lipinski definition) is 3. The van der Waals surface area contributed by atoms with Gasteiger partial charge in [0, 0.05) is 18.7 Å². The first-order valence-electron chi connectivity index (χ1n) is 7.56. The Morgan fingerprint density at radius 2 is 2.00 bits per heavy atom. The number of rotatable bonds is 9. The van der Waals surface area contributed by atoms with Crippen molar-refractivity contribution in [2.45, 2.75) is 25.8 Å². The van der Waals surface area contributed by atoms with Crippen LogP contribution in [0, 0.1) is 0 Å². The van der Waals surface area contributed by atoms with Gasteiger partial charge in [-0.3, -0.25) is 14.6 Å². The lowest BCUT2D eigenvalue weighted by atomic mass is 10.1. The molecule has 0 aliphatic carbocycles. The molecule has 1 atom stereocenters. The van der Waals surface area contributed by atoms with Crippen molar-refractivity contribution in [3.05, 3.63) is 35.9 Å². The second-order valence-electron chi connectivity index (χ2n) is 4.94. The van der Waals surface area contributed by atoms with Gasteiger partial charge in [0.1, 0.15) is 11.9 Å². The molecule has 0 radical (unpaired) electrons. The van der Waals surface area contributed by atoms with Crippen molar-refractivity contribution >= 4 is 29.3 Å². The van der Waals surface area contributed by atoms with Gasteiger partial charge in [-0.1, -0.05) is 18.2 Å². The second-order valence-corrected chi connectivity index (χ2v) is 5.20. The van der Waals surface area contributed by atoms with Crippen LogP contribution in [0.15, 0.2) is 35.3 Å². The van der Waals surface area contributed by atoms with Gasteiger partial charge in [-0.25, -0.2) is 0 Å². The molecule has 1 rings (SSSR count). The molecule has 126 valence electrons. The minimum atomic E-state index is -0.602. The van der Waals surface area contributed by atoms with Crippen LogP contribution >= 0.6 is 11.6 Å². The number of benzene rings is 1. The highest BCUT2D eigenvalue weighted by Gasteiger charge is 2.20. The molecule has 6 nitrogen and oxygen atoms in total. The molecule has 0 saturated heterocycles. The van der Waals surface area contributed by atoms with Gasteiger partial charge in [0.05, 0.1) is 5.88 Å². The minimum Gasteiger partial charge on any atom is -0.386 e. The van der Waals surface area contributed by atoms with Gasteiger partial charge in [0.2, 0.25) is 5.91 Å². The van der Waals surface area contributed by atoms with E-state index in [1.807, 2.05) is 13.0 Å². The maximum absolute atomic E-state index is 12.2. The minimum absolute atomic E-state index is 0.185. The van der Waals surface area contributed by atoms with Crippen LogP contribution in [0.2, 0.25) is 0 Å².